The molecule has 3 nitrogen and oxygen atoms in total. The van der Waals surface area contributed by atoms with Crippen molar-refractivity contribution in [1.82, 2.24) is 4.90 Å². The van der Waals surface area contributed by atoms with Gasteiger partial charge >= 0.3 is 0 Å². The lowest BCUT2D eigenvalue weighted by Gasteiger charge is -2.30. The van der Waals surface area contributed by atoms with E-state index < -0.39 is 0 Å². The minimum atomic E-state index is 0. The Bertz CT molecular complexity index is 709. The van der Waals surface area contributed by atoms with Gasteiger partial charge in [0.1, 0.15) is 0 Å². The van der Waals surface area contributed by atoms with Crippen molar-refractivity contribution in [2.24, 2.45) is 11.7 Å². The summed E-state index contributed by atoms with van der Waals surface area (Å²) in [5.74, 6) is 0.938. The Balaban J connectivity index is 0.00000156. The number of likely N-dealkylation sites (tertiary alicyclic amines) is 1. The Kier molecular flexibility index (Phi) is 4.60. The molecule has 2 aromatic carbocycles. The lowest BCUT2D eigenvalue weighted by Crippen LogP contribution is -2.43. The summed E-state index contributed by atoms with van der Waals surface area (Å²) < 4.78 is 0. The quantitative estimate of drug-likeness (QED) is 0.918. The summed E-state index contributed by atoms with van der Waals surface area (Å²) in [6.07, 6.45) is 2.89. The largest absolute Gasteiger partial charge is 0.342 e. The molecular weight excluding hydrogens is 308 g/mol. The van der Waals surface area contributed by atoms with Crippen molar-refractivity contribution in [1.29, 1.82) is 0 Å². The second-order valence-electron chi connectivity index (χ2n) is 6.72. The molecular formula is C19H23ClN2O. The fourth-order valence-corrected chi connectivity index (χ4v) is 3.63. The highest BCUT2D eigenvalue weighted by Crippen LogP contribution is 2.49. The Morgan fingerprint density at radius 1 is 1.04 bits per heavy atom. The van der Waals surface area contributed by atoms with Crippen LogP contribution in [-0.4, -0.2) is 29.9 Å². The zero-order chi connectivity index (χ0) is 15.1. The van der Waals surface area contributed by atoms with Gasteiger partial charge in [-0.05, 0) is 41.5 Å². The van der Waals surface area contributed by atoms with E-state index in [0.717, 1.165) is 32.4 Å². The van der Waals surface area contributed by atoms with Crippen LogP contribution in [0.1, 0.15) is 30.7 Å². The monoisotopic (exact) mass is 330 g/mol. The number of nitrogens with zero attached hydrogens (tertiary/aromatic N) is 1. The first-order chi connectivity index (χ1) is 10.7. The number of hydrogen-bond acceptors (Lipinski definition) is 2. The predicted octanol–water partition coefficient (Wildman–Crippen LogP) is 3.31. The number of rotatable bonds is 2. The number of amides is 1. The molecule has 0 bridgehead atoms. The van der Waals surface area contributed by atoms with Crippen LogP contribution >= 0.6 is 12.4 Å². The van der Waals surface area contributed by atoms with Crippen LogP contribution in [0, 0.1) is 5.92 Å². The van der Waals surface area contributed by atoms with E-state index in [2.05, 4.69) is 42.5 Å². The van der Waals surface area contributed by atoms with Crippen LogP contribution in [0.15, 0.2) is 42.5 Å². The van der Waals surface area contributed by atoms with E-state index in [1.54, 1.807) is 0 Å². The number of hydrogen-bond donors (Lipinski definition) is 1. The minimum absolute atomic E-state index is 0. The highest BCUT2D eigenvalue weighted by atomic mass is 35.5. The molecule has 1 saturated carbocycles. The van der Waals surface area contributed by atoms with Gasteiger partial charge in [-0.15, -0.1) is 12.4 Å². The number of carbonyl (C=O) groups is 1. The first-order valence-electron chi connectivity index (χ1n) is 8.25. The van der Waals surface area contributed by atoms with E-state index >= 15 is 0 Å². The summed E-state index contributed by atoms with van der Waals surface area (Å²) in [6, 6.07) is 15.3. The highest BCUT2D eigenvalue weighted by molar-refractivity contribution is 5.86. The molecule has 1 heterocycles. The molecule has 1 amide bonds. The molecule has 2 N–H and O–H groups in total. The summed E-state index contributed by atoms with van der Waals surface area (Å²) in [7, 11) is 0. The molecule has 0 aromatic heterocycles. The van der Waals surface area contributed by atoms with Gasteiger partial charge in [0.25, 0.3) is 0 Å². The summed E-state index contributed by atoms with van der Waals surface area (Å²) >= 11 is 0. The van der Waals surface area contributed by atoms with E-state index in [9.17, 15) is 4.79 Å². The molecule has 0 radical (unpaired) electrons. The Morgan fingerprint density at radius 2 is 1.74 bits per heavy atom. The molecule has 4 heteroatoms. The molecule has 23 heavy (non-hydrogen) atoms. The van der Waals surface area contributed by atoms with Crippen molar-refractivity contribution < 1.29 is 4.79 Å². The number of fused-ring (bicyclic) bond motifs is 1. The van der Waals surface area contributed by atoms with Crippen LogP contribution in [0.4, 0.5) is 0 Å². The van der Waals surface area contributed by atoms with Crippen LogP contribution < -0.4 is 5.73 Å². The predicted molar refractivity (Wildman–Crippen MR) is 95.8 cm³/mol. The van der Waals surface area contributed by atoms with Crippen molar-refractivity contribution in [2.45, 2.75) is 31.2 Å². The van der Waals surface area contributed by atoms with Gasteiger partial charge in [-0.1, -0.05) is 42.5 Å². The van der Waals surface area contributed by atoms with Crippen LogP contribution in [0.25, 0.3) is 10.8 Å². The Labute approximate surface area is 143 Å². The van der Waals surface area contributed by atoms with Crippen molar-refractivity contribution in [2.75, 3.05) is 13.1 Å². The molecule has 2 atom stereocenters. The van der Waals surface area contributed by atoms with Crippen molar-refractivity contribution in [3.63, 3.8) is 0 Å². The van der Waals surface area contributed by atoms with E-state index in [1.165, 1.54) is 16.3 Å². The van der Waals surface area contributed by atoms with E-state index in [0.29, 0.717) is 11.8 Å². The highest BCUT2D eigenvalue weighted by Gasteiger charge is 2.46. The molecule has 1 aliphatic carbocycles. The van der Waals surface area contributed by atoms with Gasteiger partial charge in [-0.25, -0.2) is 0 Å². The molecule has 122 valence electrons. The fourth-order valence-electron chi connectivity index (χ4n) is 3.63. The molecule has 4 rings (SSSR count). The van der Waals surface area contributed by atoms with Gasteiger partial charge in [-0.3, -0.25) is 4.79 Å². The molecule has 1 saturated heterocycles. The van der Waals surface area contributed by atoms with Crippen LogP contribution in [0.5, 0.6) is 0 Å². The van der Waals surface area contributed by atoms with Gasteiger partial charge in [0, 0.05) is 25.0 Å². The molecule has 2 aromatic rings. The molecule has 2 fully saturated rings. The van der Waals surface area contributed by atoms with Crippen LogP contribution in [0.3, 0.4) is 0 Å². The third-order valence-electron chi connectivity index (χ3n) is 5.16. The molecule has 2 unspecified atom stereocenters. The van der Waals surface area contributed by atoms with Gasteiger partial charge in [0.05, 0.1) is 0 Å². The van der Waals surface area contributed by atoms with E-state index in [4.69, 9.17) is 5.73 Å². The van der Waals surface area contributed by atoms with Gasteiger partial charge in [-0.2, -0.15) is 0 Å². The lowest BCUT2D eigenvalue weighted by molar-refractivity contribution is -0.133. The Hall–Kier alpha value is -1.58. The van der Waals surface area contributed by atoms with E-state index in [1.807, 2.05) is 4.90 Å². The maximum atomic E-state index is 12.6. The zero-order valence-electron chi connectivity index (χ0n) is 13.2. The maximum Gasteiger partial charge on any atom is 0.226 e. The average Bonchev–Trinajstić information content (AvgIpc) is 3.35. The van der Waals surface area contributed by atoms with Crippen LogP contribution in [-0.2, 0) is 4.79 Å². The SMILES string of the molecule is Cl.NC1CCN(C(=O)C2CC2c2ccc3ccccc3c2)CC1. The van der Waals surface area contributed by atoms with Crippen molar-refractivity contribution in [3.05, 3.63) is 48.0 Å². The molecule has 2 aliphatic rings. The van der Waals surface area contributed by atoms with Gasteiger partial charge < -0.3 is 10.6 Å². The normalized spacial score (nSPS) is 24.3. The zero-order valence-corrected chi connectivity index (χ0v) is 14.0. The summed E-state index contributed by atoms with van der Waals surface area (Å²) in [4.78, 5) is 14.6. The fraction of sp³-hybridized carbons (Fsp3) is 0.421. The third kappa shape index (κ3) is 3.22. The van der Waals surface area contributed by atoms with Gasteiger partial charge in [0.15, 0.2) is 0 Å². The molecule has 0 spiro atoms. The van der Waals surface area contributed by atoms with Crippen molar-refractivity contribution >= 4 is 29.1 Å². The smallest absolute Gasteiger partial charge is 0.226 e. The van der Waals surface area contributed by atoms with Crippen molar-refractivity contribution in [3.8, 4) is 0 Å². The average molecular weight is 331 g/mol. The summed E-state index contributed by atoms with van der Waals surface area (Å²) in [6.45, 7) is 1.67. The lowest BCUT2D eigenvalue weighted by atomic mass is 10.0. The Morgan fingerprint density at radius 3 is 2.48 bits per heavy atom. The number of piperidine rings is 1. The van der Waals surface area contributed by atoms with Crippen LogP contribution in [0.2, 0.25) is 0 Å². The standard InChI is InChI=1S/C19H22N2O.ClH/c20-16-7-9-21(10-8-16)19(22)18-12-17(18)15-6-5-13-3-1-2-4-14(13)11-15;/h1-6,11,16-18H,7-10,12,20H2;1H. The minimum Gasteiger partial charge on any atom is -0.342 e. The first-order valence-corrected chi connectivity index (χ1v) is 8.25. The van der Waals surface area contributed by atoms with E-state index in [-0.39, 0.29) is 24.4 Å². The maximum absolute atomic E-state index is 12.6. The topological polar surface area (TPSA) is 46.3 Å². The number of carbonyl (C=O) groups excluding carboxylic acids is 1. The number of benzene rings is 2. The third-order valence-corrected chi connectivity index (χ3v) is 5.16. The summed E-state index contributed by atoms with van der Waals surface area (Å²) in [5.41, 5.74) is 7.23. The molecule has 1 aliphatic heterocycles. The second-order valence-corrected chi connectivity index (χ2v) is 6.72. The number of halogens is 1. The second kappa shape index (κ2) is 6.50. The van der Waals surface area contributed by atoms with Gasteiger partial charge in [0.2, 0.25) is 5.91 Å². The summed E-state index contributed by atoms with van der Waals surface area (Å²) in [5, 5.41) is 2.53. The number of nitrogens with two attached hydrogens (primary N) is 1. The first kappa shape index (κ1) is 16.3.